The van der Waals surface area contributed by atoms with Gasteiger partial charge in [-0.05, 0) is 71.3 Å². The van der Waals surface area contributed by atoms with Crippen LogP contribution in [0, 0.1) is 0 Å². The summed E-state index contributed by atoms with van der Waals surface area (Å²) in [6.07, 6.45) is 2.44. The normalized spacial score (nSPS) is 18.5. The lowest BCUT2D eigenvalue weighted by atomic mass is 9.84. The fourth-order valence-electron chi connectivity index (χ4n) is 4.30. The number of anilines is 2. The SMILES string of the molecule is COc1ccc(Nc2ccc(N=C3C=C(c4ccccc4)[C@@](O)(c4ccccc4)C3)cc2)cc1. The fourth-order valence-corrected chi connectivity index (χ4v) is 4.30. The summed E-state index contributed by atoms with van der Waals surface area (Å²) in [5.74, 6) is 0.826. The van der Waals surface area contributed by atoms with Gasteiger partial charge in [-0.1, -0.05) is 60.7 Å². The van der Waals surface area contributed by atoms with Gasteiger partial charge in [0, 0.05) is 23.5 Å². The van der Waals surface area contributed by atoms with Crippen molar-refractivity contribution in [3.8, 4) is 5.75 Å². The molecule has 0 radical (unpaired) electrons. The van der Waals surface area contributed by atoms with Gasteiger partial charge in [0.05, 0.1) is 12.8 Å². The first kappa shape index (κ1) is 21.7. The Balaban J connectivity index is 1.41. The van der Waals surface area contributed by atoms with Crippen molar-refractivity contribution in [1.82, 2.24) is 0 Å². The highest BCUT2D eigenvalue weighted by Crippen LogP contribution is 2.44. The Hall–Kier alpha value is -4.15. The molecule has 2 N–H and O–H groups in total. The highest BCUT2D eigenvalue weighted by atomic mass is 16.5. The van der Waals surface area contributed by atoms with Gasteiger partial charge >= 0.3 is 0 Å². The van der Waals surface area contributed by atoms with E-state index in [1.807, 2.05) is 115 Å². The smallest absolute Gasteiger partial charge is 0.121 e. The average Bonchev–Trinajstić information content (AvgIpc) is 3.24. The molecule has 0 aliphatic heterocycles. The van der Waals surface area contributed by atoms with Crippen LogP contribution < -0.4 is 10.1 Å². The van der Waals surface area contributed by atoms with Gasteiger partial charge in [-0.25, -0.2) is 0 Å². The molecule has 4 heteroatoms. The molecular formula is C30H26N2O2. The largest absolute Gasteiger partial charge is 0.497 e. The molecule has 0 saturated heterocycles. The van der Waals surface area contributed by atoms with E-state index in [4.69, 9.17) is 9.73 Å². The first-order chi connectivity index (χ1) is 16.6. The Bertz CT molecular complexity index is 1310. The third kappa shape index (κ3) is 4.49. The molecule has 0 amide bonds. The van der Waals surface area contributed by atoms with Gasteiger partial charge in [-0.2, -0.15) is 0 Å². The van der Waals surface area contributed by atoms with E-state index in [1.165, 1.54) is 0 Å². The molecule has 4 aromatic carbocycles. The Morgan fingerprint density at radius 2 is 1.35 bits per heavy atom. The summed E-state index contributed by atoms with van der Waals surface area (Å²) in [7, 11) is 1.66. The van der Waals surface area contributed by atoms with E-state index >= 15 is 0 Å². The van der Waals surface area contributed by atoms with Gasteiger partial charge in [0.2, 0.25) is 0 Å². The topological polar surface area (TPSA) is 53.8 Å². The number of benzene rings is 4. The lowest BCUT2D eigenvalue weighted by molar-refractivity contribution is 0.113. The predicted molar refractivity (Wildman–Crippen MR) is 139 cm³/mol. The molecule has 4 nitrogen and oxygen atoms in total. The van der Waals surface area contributed by atoms with Crippen LogP contribution >= 0.6 is 0 Å². The van der Waals surface area contributed by atoms with Gasteiger partial charge in [0.1, 0.15) is 11.4 Å². The fraction of sp³-hybridized carbons (Fsp3) is 0.100. The number of hydrogen-bond donors (Lipinski definition) is 2. The van der Waals surface area contributed by atoms with E-state index in [2.05, 4.69) is 5.32 Å². The van der Waals surface area contributed by atoms with Crippen molar-refractivity contribution in [3.05, 3.63) is 126 Å². The molecular weight excluding hydrogens is 420 g/mol. The van der Waals surface area contributed by atoms with Crippen molar-refractivity contribution in [1.29, 1.82) is 0 Å². The van der Waals surface area contributed by atoms with Crippen molar-refractivity contribution in [2.24, 2.45) is 4.99 Å². The van der Waals surface area contributed by atoms with Crippen LogP contribution in [0.15, 0.2) is 120 Å². The van der Waals surface area contributed by atoms with Gasteiger partial charge in [-0.3, -0.25) is 4.99 Å². The first-order valence-corrected chi connectivity index (χ1v) is 11.3. The molecule has 0 heterocycles. The van der Waals surface area contributed by atoms with E-state index < -0.39 is 5.60 Å². The van der Waals surface area contributed by atoms with E-state index in [0.29, 0.717) is 6.42 Å². The number of methoxy groups -OCH3 is 1. The van der Waals surface area contributed by atoms with Crippen molar-refractivity contribution >= 4 is 28.3 Å². The van der Waals surface area contributed by atoms with Crippen LogP contribution in [0.2, 0.25) is 0 Å². The number of hydrogen-bond acceptors (Lipinski definition) is 4. The summed E-state index contributed by atoms with van der Waals surface area (Å²) in [5, 5.41) is 15.2. The Morgan fingerprint density at radius 1 is 0.765 bits per heavy atom. The monoisotopic (exact) mass is 446 g/mol. The molecule has 0 aromatic heterocycles. The maximum absolute atomic E-state index is 11.8. The van der Waals surface area contributed by atoms with E-state index in [-0.39, 0.29) is 0 Å². The van der Waals surface area contributed by atoms with Crippen LogP contribution in [-0.2, 0) is 5.60 Å². The number of aliphatic hydroxyl groups is 1. The molecule has 0 fully saturated rings. The average molecular weight is 447 g/mol. The minimum atomic E-state index is -1.11. The zero-order chi connectivity index (χ0) is 23.4. The Kier molecular flexibility index (Phi) is 5.98. The number of aliphatic imine (C=N–C) groups is 1. The molecule has 168 valence electrons. The second-order valence-electron chi connectivity index (χ2n) is 8.33. The summed E-state index contributed by atoms with van der Waals surface area (Å²) in [6.45, 7) is 0. The van der Waals surface area contributed by atoms with Gasteiger partial charge in [-0.15, -0.1) is 0 Å². The molecule has 1 aliphatic rings. The second-order valence-corrected chi connectivity index (χ2v) is 8.33. The van der Waals surface area contributed by atoms with Crippen LogP contribution in [0.5, 0.6) is 5.75 Å². The molecule has 34 heavy (non-hydrogen) atoms. The minimum Gasteiger partial charge on any atom is -0.497 e. The van der Waals surface area contributed by atoms with Crippen molar-refractivity contribution in [3.63, 3.8) is 0 Å². The van der Waals surface area contributed by atoms with Gasteiger partial charge < -0.3 is 15.2 Å². The number of nitrogens with zero attached hydrogens (tertiary/aromatic N) is 1. The zero-order valence-electron chi connectivity index (χ0n) is 19.0. The second kappa shape index (κ2) is 9.38. The van der Waals surface area contributed by atoms with E-state index in [0.717, 1.165) is 45.2 Å². The molecule has 1 aliphatic carbocycles. The summed E-state index contributed by atoms with van der Waals surface area (Å²) in [4.78, 5) is 4.86. The Labute approximate surface area is 199 Å². The summed E-state index contributed by atoms with van der Waals surface area (Å²) >= 11 is 0. The summed E-state index contributed by atoms with van der Waals surface area (Å²) in [6, 6.07) is 35.6. The number of nitrogens with one attached hydrogen (secondary N) is 1. The first-order valence-electron chi connectivity index (χ1n) is 11.3. The van der Waals surface area contributed by atoms with E-state index in [9.17, 15) is 5.11 Å². The summed E-state index contributed by atoms with van der Waals surface area (Å²) in [5.41, 5.74) is 5.28. The van der Waals surface area contributed by atoms with Crippen LogP contribution in [-0.4, -0.2) is 17.9 Å². The molecule has 0 saturated carbocycles. The zero-order valence-corrected chi connectivity index (χ0v) is 19.0. The molecule has 0 spiro atoms. The molecule has 1 atom stereocenters. The predicted octanol–water partition coefficient (Wildman–Crippen LogP) is 6.89. The van der Waals surface area contributed by atoms with Crippen molar-refractivity contribution in [2.75, 3.05) is 12.4 Å². The quantitative estimate of drug-likeness (QED) is 0.339. The maximum atomic E-state index is 11.8. The number of rotatable bonds is 6. The molecule has 0 bridgehead atoms. The highest BCUT2D eigenvalue weighted by Gasteiger charge is 2.40. The lowest BCUT2D eigenvalue weighted by Gasteiger charge is -2.27. The summed E-state index contributed by atoms with van der Waals surface area (Å²) < 4.78 is 5.21. The Morgan fingerprint density at radius 3 is 1.97 bits per heavy atom. The lowest BCUT2D eigenvalue weighted by Crippen LogP contribution is -2.25. The van der Waals surface area contributed by atoms with E-state index in [1.54, 1.807) is 7.11 Å². The third-order valence-electron chi connectivity index (χ3n) is 6.05. The van der Waals surface area contributed by atoms with Crippen LogP contribution in [0.3, 0.4) is 0 Å². The maximum Gasteiger partial charge on any atom is 0.121 e. The highest BCUT2D eigenvalue weighted by molar-refractivity contribution is 6.09. The van der Waals surface area contributed by atoms with Crippen LogP contribution in [0.25, 0.3) is 5.57 Å². The van der Waals surface area contributed by atoms with Crippen LogP contribution in [0.4, 0.5) is 17.1 Å². The van der Waals surface area contributed by atoms with Crippen LogP contribution in [0.1, 0.15) is 17.5 Å². The standard InChI is InChI=1S/C30H26N2O2/c1-34-28-18-16-26(17-19-28)31-24-12-14-25(15-13-24)32-27-20-29(22-8-4-2-5-9-22)30(33,21-27)23-10-6-3-7-11-23/h2-20,31,33H,21H2,1H3/t30-/m0/s1. The minimum absolute atomic E-state index is 0.424. The van der Waals surface area contributed by atoms with Crippen molar-refractivity contribution < 1.29 is 9.84 Å². The van der Waals surface area contributed by atoms with Gasteiger partial charge in [0.25, 0.3) is 0 Å². The molecule has 0 unspecified atom stereocenters. The van der Waals surface area contributed by atoms with Gasteiger partial charge in [0.15, 0.2) is 0 Å². The third-order valence-corrected chi connectivity index (χ3v) is 6.05. The number of ether oxygens (including phenoxy) is 1. The number of allylic oxidation sites excluding steroid dienone is 1. The van der Waals surface area contributed by atoms with Crippen molar-refractivity contribution in [2.45, 2.75) is 12.0 Å². The molecule has 4 aromatic rings. The molecule has 5 rings (SSSR count).